The maximum absolute atomic E-state index is 12.7. The van der Waals surface area contributed by atoms with Crippen molar-refractivity contribution in [2.45, 2.75) is 32.4 Å². The molecule has 0 radical (unpaired) electrons. The molecule has 6 heteroatoms. The summed E-state index contributed by atoms with van der Waals surface area (Å²) in [4.78, 5) is 23.2. The molecule has 0 atom stereocenters. The number of rotatable bonds is 5. The highest BCUT2D eigenvalue weighted by atomic mass is 16.4. The van der Waals surface area contributed by atoms with Gasteiger partial charge in [0.25, 0.3) is 5.91 Å². The van der Waals surface area contributed by atoms with Crippen molar-refractivity contribution >= 4 is 5.91 Å². The molecule has 2 aromatic heterocycles. The third-order valence-electron chi connectivity index (χ3n) is 4.76. The van der Waals surface area contributed by atoms with Crippen molar-refractivity contribution in [1.82, 2.24) is 14.9 Å². The molecule has 3 heterocycles. The molecule has 1 N–H and O–H groups in total. The second-order valence-electron chi connectivity index (χ2n) is 6.65. The van der Waals surface area contributed by atoms with E-state index in [0.717, 1.165) is 30.2 Å². The third-order valence-corrected chi connectivity index (χ3v) is 4.76. The summed E-state index contributed by atoms with van der Waals surface area (Å²) < 4.78 is 5.90. The van der Waals surface area contributed by atoms with Gasteiger partial charge in [-0.3, -0.25) is 9.78 Å². The van der Waals surface area contributed by atoms with Gasteiger partial charge in [0.15, 0.2) is 5.89 Å². The molecule has 0 saturated heterocycles. The van der Waals surface area contributed by atoms with Crippen LogP contribution in [0, 0.1) is 0 Å². The molecular formula is C21H21N3O3. The molecule has 1 aliphatic rings. The van der Waals surface area contributed by atoms with E-state index in [0.29, 0.717) is 30.8 Å². The van der Waals surface area contributed by atoms with Crippen LogP contribution in [0.1, 0.15) is 39.0 Å². The fourth-order valence-corrected chi connectivity index (χ4v) is 3.28. The molecule has 1 aliphatic heterocycles. The van der Waals surface area contributed by atoms with Crippen molar-refractivity contribution < 1.29 is 14.3 Å². The van der Waals surface area contributed by atoms with E-state index in [-0.39, 0.29) is 12.5 Å². The topological polar surface area (TPSA) is 79.5 Å². The summed E-state index contributed by atoms with van der Waals surface area (Å²) in [6.45, 7) is 0.888. The first-order valence-electron chi connectivity index (χ1n) is 9.09. The number of nitrogens with zero attached hydrogens (tertiary/aromatic N) is 3. The van der Waals surface area contributed by atoms with Gasteiger partial charge in [0.2, 0.25) is 0 Å². The number of aromatic nitrogens is 2. The number of hydrogen-bond donors (Lipinski definition) is 1. The first kappa shape index (κ1) is 17.4. The molecule has 138 valence electrons. The Labute approximate surface area is 157 Å². The maximum atomic E-state index is 12.7. The van der Waals surface area contributed by atoms with Gasteiger partial charge in [0.1, 0.15) is 17.1 Å². The van der Waals surface area contributed by atoms with Gasteiger partial charge in [-0.15, -0.1) is 0 Å². The second-order valence-corrected chi connectivity index (χ2v) is 6.65. The number of benzene rings is 1. The van der Waals surface area contributed by atoms with E-state index in [2.05, 4.69) is 22.1 Å². The minimum Gasteiger partial charge on any atom is -0.445 e. The van der Waals surface area contributed by atoms with E-state index in [9.17, 15) is 9.90 Å². The number of aliphatic hydroxyl groups is 1. The van der Waals surface area contributed by atoms with Gasteiger partial charge in [-0.05, 0) is 29.7 Å². The summed E-state index contributed by atoms with van der Waals surface area (Å²) in [6, 6.07) is 13.6. The lowest BCUT2D eigenvalue weighted by Gasteiger charge is -2.25. The number of amides is 1. The molecule has 6 nitrogen and oxygen atoms in total. The molecule has 0 aliphatic carbocycles. The van der Waals surface area contributed by atoms with Gasteiger partial charge < -0.3 is 14.4 Å². The fourth-order valence-electron chi connectivity index (χ4n) is 3.28. The molecule has 27 heavy (non-hydrogen) atoms. The van der Waals surface area contributed by atoms with E-state index in [1.165, 1.54) is 5.56 Å². The van der Waals surface area contributed by atoms with Crippen molar-refractivity contribution in [2.75, 3.05) is 6.54 Å². The van der Waals surface area contributed by atoms with Crippen LogP contribution in [0.4, 0.5) is 0 Å². The Morgan fingerprint density at radius 1 is 1.15 bits per heavy atom. The van der Waals surface area contributed by atoms with Crippen LogP contribution in [0.2, 0.25) is 0 Å². The van der Waals surface area contributed by atoms with Crippen LogP contribution in [-0.4, -0.2) is 32.4 Å². The number of aryl methyl sites for hydroxylation is 2. The van der Waals surface area contributed by atoms with Crippen LogP contribution in [-0.2, 0) is 32.4 Å². The zero-order valence-corrected chi connectivity index (χ0v) is 15.0. The number of pyridine rings is 1. The quantitative estimate of drug-likeness (QED) is 0.754. The zero-order valence-electron chi connectivity index (χ0n) is 15.0. The zero-order chi connectivity index (χ0) is 18.6. The predicted molar refractivity (Wildman–Crippen MR) is 99.0 cm³/mol. The lowest BCUT2D eigenvalue weighted by atomic mass is 10.1. The third kappa shape index (κ3) is 3.90. The molecule has 1 aromatic carbocycles. The van der Waals surface area contributed by atoms with Crippen molar-refractivity contribution in [3.63, 3.8) is 0 Å². The van der Waals surface area contributed by atoms with E-state index in [1.54, 1.807) is 23.2 Å². The Morgan fingerprint density at radius 3 is 2.81 bits per heavy atom. The van der Waals surface area contributed by atoms with Gasteiger partial charge in [-0.2, -0.15) is 0 Å². The van der Waals surface area contributed by atoms with Crippen LogP contribution in [0.25, 0.3) is 0 Å². The molecular weight excluding hydrogens is 342 g/mol. The summed E-state index contributed by atoms with van der Waals surface area (Å²) in [5.74, 6) is 1.45. The average Bonchev–Trinajstić information content (AvgIpc) is 3.14. The number of aliphatic hydroxyl groups excluding tert-OH is 1. The molecule has 0 fully saturated rings. The standard InChI is InChI=1S/C21H21N3O3/c25-14-16-8-10-22-17(12-16)21(26)24-11-9-19-18(13-24)23-20(27-19)7-6-15-4-2-1-3-5-15/h1-5,8,10,12,25H,6-7,9,11,13-14H2. The SMILES string of the molecule is O=C(c1cc(CO)ccn1)N1CCc2oc(CCc3ccccc3)nc2C1. The van der Waals surface area contributed by atoms with Gasteiger partial charge in [-0.1, -0.05) is 30.3 Å². The van der Waals surface area contributed by atoms with Crippen LogP contribution < -0.4 is 0 Å². The highest BCUT2D eigenvalue weighted by Gasteiger charge is 2.26. The van der Waals surface area contributed by atoms with Crippen LogP contribution in [0.5, 0.6) is 0 Å². The number of carbonyl (C=O) groups is 1. The summed E-state index contributed by atoms with van der Waals surface area (Å²) in [5.41, 5.74) is 3.10. The maximum Gasteiger partial charge on any atom is 0.272 e. The summed E-state index contributed by atoms with van der Waals surface area (Å²) >= 11 is 0. The monoisotopic (exact) mass is 363 g/mol. The normalized spacial score (nSPS) is 13.4. The smallest absolute Gasteiger partial charge is 0.272 e. The van der Waals surface area contributed by atoms with Crippen LogP contribution in [0.3, 0.4) is 0 Å². The largest absolute Gasteiger partial charge is 0.445 e. The summed E-state index contributed by atoms with van der Waals surface area (Å²) in [5, 5.41) is 9.24. The number of fused-ring (bicyclic) bond motifs is 1. The Kier molecular flexibility index (Phi) is 4.98. The van der Waals surface area contributed by atoms with E-state index < -0.39 is 0 Å². The molecule has 0 saturated carbocycles. The highest BCUT2D eigenvalue weighted by molar-refractivity contribution is 5.92. The van der Waals surface area contributed by atoms with Gasteiger partial charge >= 0.3 is 0 Å². The molecule has 0 bridgehead atoms. The minimum atomic E-state index is -0.148. The predicted octanol–water partition coefficient (Wildman–Crippen LogP) is 2.55. The van der Waals surface area contributed by atoms with E-state index >= 15 is 0 Å². The number of carbonyl (C=O) groups excluding carboxylic acids is 1. The molecule has 0 unspecified atom stereocenters. The van der Waals surface area contributed by atoms with E-state index in [4.69, 9.17) is 4.42 Å². The van der Waals surface area contributed by atoms with Gasteiger partial charge in [-0.25, -0.2) is 4.98 Å². The second kappa shape index (κ2) is 7.72. The fraction of sp³-hybridized carbons (Fsp3) is 0.286. The molecule has 1 amide bonds. The molecule has 4 rings (SSSR count). The Bertz CT molecular complexity index is 937. The van der Waals surface area contributed by atoms with Crippen LogP contribution >= 0.6 is 0 Å². The van der Waals surface area contributed by atoms with Gasteiger partial charge in [0, 0.05) is 25.6 Å². The minimum absolute atomic E-state index is 0.110. The Hall–Kier alpha value is -2.99. The summed E-state index contributed by atoms with van der Waals surface area (Å²) in [7, 11) is 0. The Morgan fingerprint density at radius 2 is 2.00 bits per heavy atom. The average molecular weight is 363 g/mol. The van der Waals surface area contributed by atoms with Crippen molar-refractivity contribution in [1.29, 1.82) is 0 Å². The number of oxazole rings is 1. The molecule has 0 spiro atoms. The van der Waals surface area contributed by atoms with Crippen LogP contribution in [0.15, 0.2) is 53.1 Å². The lowest BCUT2D eigenvalue weighted by molar-refractivity contribution is 0.0721. The van der Waals surface area contributed by atoms with Crippen molar-refractivity contribution in [3.05, 3.63) is 82.8 Å². The van der Waals surface area contributed by atoms with Gasteiger partial charge in [0.05, 0.1) is 13.2 Å². The summed E-state index contributed by atoms with van der Waals surface area (Å²) in [6.07, 6.45) is 3.82. The number of hydrogen-bond acceptors (Lipinski definition) is 5. The highest BCUT2D eigenvalue weighted by Crippen LogP contribution is 2.22. The van der Waals surface area contributed by atoms with E-state index in [1.807, 2.05) is 18.2 Å². The van der Waals surface area contributed by atoms with Crippen molar-refractivity contribution in [2.24, 2.45) is 0 Å². The van der Waals surface area contributed by atoms with Crippen molar-refractivity contribution in [3.8, 4) is 0 Å². The Balaban J connectivity index is 1.43. The first-order chi connectivity index (χ1) is 13.2. The molecule has 3 aromatic rings. The first-order valence-corrected chi connectivity index (χ1v) is 9.09. The lowest BCUT2D eigenvalue weighted by Crippen LogP contribution is -2.36.